The fourth-order valence-electron chi connectivity index (χ4n) is 1.15. The van der Waals surface area contributed by atoms with Crippen molar-refractivity contribution in [2.75, 3.05) is 25.3 Å². The molecule has 0 aliphatic rings. The predicted octanol–water partition coefficient (Wildman–Crippen LogP) is 1.54. The Balaban J connectivity index is 2.83. The van der Waals surface area contributed by atoms with Crippen LogP contribution in [-0.4, -0.2) is 32.3 Å². The first kappa shape index (κ1) is 12.6. The largest absolute Gasteiger partial charge is 0.462 e. The van der Waals surface area contributed by atoms with E-state index in [1.165, 1.54) is 19.1 Å². The van der Waals surface area contributed by atoms with Crippen LogP contribution in [0, 0.1) is 0 Å². The van der Waals surface area contributed by atoms with Crippen LogP contribution >= 0.6 is 11.8 Å². The van der Waals surface area contributed by atoms with E-state index in [0.717, 1.165) is 4.90 Å². The highest BCUT2D eigenvalue weighted by molar-refractivity contribution is 7.98. The summed E-state index contributed by atoms with van der Waals surface area (Å²) in [7, 11) is 2.72. The highest BCUT2D eigenvalue weighted by Crippen LogP contribution is 2.19. The van der Waals surface area contributed by atoms with Gasteiger partial charge in [-0.15, -0.1) is 11.8 Å². The molecule has 0 radical (unpaired) electrons. The molecule has 0 bridgehead atoms. The third-order valence-electron chi connectivity index (χ3n) is 2.12. The van der Waals surface area contributed by atoms with Crippen molar-refractivity contribution in [3.63, 3.8) is 0 Å². The van der Waals surface area contributed by atoms with Gasteiger partial charge in [-0.2, -0.15) is 0 Å². The predicted molar refractivity (Wildman–Crippen MR) is 63.6 cm³/mol. The number of anilines is 1. The van der Waals surface area contributed by atoms with Gasteiger partial charge in [-0.1, -0.05) is 0 Å². The maximum absolute atomic E-state index is 11.5. The Morgan fingerprint density at radius 3 is 2.25 bits per heavy atom. The van der Waals surface area contributed by atoms with Gasteiger partial charge in [-0.25, -0.2) is 4.79 Å². The van der Waals surface area contributed by atoms with Gasteiger partial charge in [0.1, 0.15) is 0 Å². The number of esters is 1. The molecule has 0 aliphatic heterocycles. The summed E-state index contributed by atoms with van der Waals surface area (Å²) in [5.41, 5.74) is 0.660. The van der Waals surface area contributed by atoms with Crippen molar-refractivity contribution < 1.29 is 14.3 Å². The molecule has 0 fully saturated rings. The molecule has 0 aliphatic carbocycles. The Morgan fingerprint density at radius 2 is 1.81 bits per heavy atom. The van der Waals surface area contributed by atoms with E-state index in [9.17, 15) is 9.59 Å². The van der Waals surface area contributed by atoms with E-state index < -0.39 is 11.9 Å². The standard InChI is InChI=1S/C11H13NO3S/c1-12(10(13)11(14)15-2)8-4-6-9(16-3)7-5-8/h4-7H,1-3H3. The molecule has 86 valence electrons. The van der Waals surface area contributed by atoms with E-state index in [0.29, 0.717) is 5.69 Å². The van der Waals surface area contributed by atoms with Gasteiger partial charge in [0.2, 0.25) is 0 Å². The van der Waals surface area contributed by atoms with E-state index in [4.69, 9.17) is 0 Å². The van der Waals surface area contributed by atoms with E-state index in [1.807, 2.05) is 18.4 Å². The van der Waals surface area contributed by atoms with E-state index >= 15 is 0 Å². The quantitative estimate of drug-likeness (QED) is 0.446. The van der Waals surface area contributed by atoms with Crippen LogP contribution in [0.5, 0.6) is 0 Å². The van der Waals surface area contributed by atoms with Gasteiger partial charge in [-0.05, 0) is 30.5 Å². The molecular formula is C11H13NO3S. The van der Waals surface area contributed by atoms with Gasteiger partial charge in [0, 0.05) is 17.6 Å². The smallest absolute Gasteiger partial charge is 0.397 e. The maximum atomic E-state index is 11.5. The Morgan fingerprint density at radius 1 is 1.25 bits per heavy atom. The number of hydrogen-bond acceptors (Lipinski definition) is 4. The Labute approximate surface area is 98.6 Å². The second kappa shape index (κ2) is 5.55. The van der Waals surface area contributed by atoms with Gasteiger partial charge in [0.25, 0.3) is 0 Å². The second-order valence-corrected chi connectivity index (χ2v) is 3.93. The summed E-state index contributed by atoms with van der Waals surface area (Å²) in [6.07, 6.45) is 1.97. The number of rotatable bonds is 2. The third-order valence-corrected chi connectivity index (χ3v) is 2.87. The molecule has 0 atom stereocenters. The molecule has 0 N–H and O–H groups in total. The highest BCUT2D eigenvalue weighted by Gasteiger charge is 2.20. The third kappa shape index (κ3) is 2.76. The number of likely N-dealkylation sites (N-methyl/N-ethyl adjacent to an activating group) is 1. The van der Waals surface area contributed by atoms with Crippen molar-refractivity contribution in [2.24, 2.45) is 0 Å². The molecule has 0 aromatic heterocycles. The summed E-state index contributed by atoms with van der Waals surface area (Å²) >= 11 is 1.61. The molecule has 0 saturated carbocycles. The summed E-state index contributed by atoms with van der Waals surface area (Å²) in [4.78, 5) is 24.9. The molecule has 1 rings (SSSR count). The second-order valence-electron chi connectivity index (χ2n) is 3.05. The Kier molecular flexibility index (Phi) is 4.37. The topological polar surface area (TPSA) is 46.6 Å². The first-order valence-electron chi connectivity index (χ1n) is 4.60. The number of nitrogens with zero attached hydrogens (tertiary/aromatic N) is 1. The zero-order valence-corrected chi connectivity index (χ0v) is 10.2. The molecule has 0 heterocycles. The molecular weight excluding hydrogens is 226 g/mol. The Hall–Kier alpha value is -1.49. The van der Waals surface area contributed by atoms with Gasteiger partial charge in [0.05, 0.1) is 7.11 Å². The summed E-state index contributed by atoms with van der Waals surface area (Å²) in [6, 6.07) is 7.35. The van der Waals surface area contributed by atoms with Crippen LogP contribution in [0.4, 0.5) is 5.69 Å². The zero-order valence-electron chi connectivity index (χ0n) is 9.39. The number of ether oxygens (including phenoxy) is 1. The monoisotopic (exact) mass is 239 g/mol. The van der Waals surface area contributed by atoms with Gasteiger partial charge >= 0.3 is 11.9 Å². The minimum atomic E-state index is -0.864. The van der Waals surface area contributed by atoms with Crippen LogP contribution in [0.3, 0.4) is 0 Å². The van der Waals surface area contributed by atoms with Gasteiger partial charge in [0.15, 0.2) is 0 Å². The van der Waals surface area contributed by atoms with Gasteiger partial charge in [-0.3, -0.25) is 4.79 Å². The number of amides is 1. The number of carbonyl (C=O) groups is 2. The van der Waals surface area contributed by atoms with Crippen molar-refractivity contribution >= 4 is 29.3 Å². The lowest BCUT2D eigenvalue weighted by molar-refractivity contribution is -0.151. The van der Waals surface area contributed by atoms with Crippen molar-refractivity contribution in [2.45, 2.75) is 4.90 Å². The lowest BCUT2D eigenvalue weighted by Crippen LogP contribution is -2.33. The lowest BCUT2D eigenvalue weighted by atomic mass is 10.3. The minimum absolute atomic E-state index is 0.660. The normalized spacial score (nSPS) is 9.69. The van der Waals surface area contributed by atoms with Crippen LogP contribution in [0.15, 0.2) is 29.2 Å². The highest BCUT2D eigenvalue weighted by atomic mass is 32.2. The number of benzene rings is 1. The van der Waals surface area contributed by atoms with Crippen molar-refractivity contribution in [3.05, 3.63) is 24.3 Å². The number of carbonyl (C=O) groups excluding carboxylic acids is 2. The molecule has 1 amide bonds. The number of hydrogen-bond donors (Lipinski definition) is 0. The Bertz CT molecular complexity index is 389. The van der Waals surface area contributed by atoms with Crippen LogP contribution < -0.4 is 4.90 Å². The summed E-state index contributed by atoms with van der Waals surface area (Å²) in [5, 5.41) is 0. The molecule has 1 aromatic carbocycles. The summed E-state index contributed by atoms with van der Waals surface area (Å²) in [6.45, 7) is 0. The SMILES string of the molecule is COC(=O)C(=O)N(C)c1ccc(SC)cc1. The van der Waals surface area contributed by atoms with Crippen LogP contribution in [-0.2, 0) is 14.3 Å². The number of thioether (sulfide) groups is 1. The van der Waals surface area contributed by atoms with Crippen LogP contribution in [0.1, 0.15) is 0 Å². The van der Waals surface area contributed by atoms with Crippen molar-refractivity contribution in [1.29, 1.82) is 0 Å². The van der Waals surface area contributed by atoms with E-state index in [2.05, 4.69) is 4.74 Å². The average Bonchev–Trinajstić information content (AvgIpc) is 2.36. The molecule has 4 nitrogen and oxygen atoms in total. The molecule has 5 heteroatoms. The summed E-state index contributed by atoms with van der Waals surface area (Å²) in [5.74, 6) is -1.55. The lowest BCUT2D eigenvalue weighted by Gasteiger charge is -2.15. The molecule has 0 saturated heterocycles. The molecule has 0 spiro atoms. The zero-order chi connectivity index (χ0) is 12.1. The molecule has 1 aromatic rings. The maximum Gasteiger partial charge on any atom is 0.397 e. The minimum Gasteiger partial charge on any atom is -0.462 e. The first-order chi connectivity index (χ1) is 7.60. The molecule has 16 heavy (non-hydrogen) atoms. The van der Waals surface area contributed by atoms with Gasteiger partial charge < -0.3 is 9.64 Å². The molecule has 0 unspecified atom stereocenters. The van der Waals surface area contributed by atoms with Crippen LogP contribution in [0.2, 0.25) is 0 Å². The van der Waals surface area contributed by atoms with E-state index in [-0.39, 0.29) is 0 Å². The van der Waals surface area contributed by atoms with Crippen LogP contribution in [0.25, 0.3) is 0 Å². The van der Waals surface area contributed by atoms with E-state index in [1.54, 1.807) is 23.9 Å². The fourth-order valence-corrected chi connectivity index (χ4v) is 1.56. The first-order valence-corrected chi connectivity index (χ1v) is 5.82. The summed E-state index contributed by atoms with van der Waals surface area (Å²) < 4.78 is 4.37. The fraction of sp³-hybridized carbons (Fsp3) is 0.273. The van der Waals surface area contributed by atoms with Crippen molar-refractivity contribution in [3.8, 4) is 0 Å². The van der Waals surface area contributed by atoms with Crippen molar-refractivity contribution in [1.82, 2.24) is 0 Å². The number of methoxy groups -OCH3 is 1. The average molecular weight is 239 g/mol.